The number of anilines is 1. The highest BCUT2D eigenvalue weighted by Gasteiger charge is 2.15. The molecule has 2 amide bonds. The molecule has 0 aliphatic heterocycles. The normalized spacial score (nSPS) is 10.8. The summed E-state index contributed by atoms with van der Waals surface area (Å²) in [7, 11) is 3.12. The molecule has 0 spiro atoms. The Bertz CT molecular complexity index is 1300. The lowest BCUT2D eigenvalue weighted by Crippen LogP contribution is -2.23. The predicted molar refractivity (Wildman–Crippen MR) is 146 cm³/mol. The van der Waals surface area contributed by atoms with E-state index in [0.717, 1.165) is 22.4 Å². The van der Waals surface area contributed by atoms with Crippen molar-refractivity contribution in [2.45, 2.75) is 32.1 Å². The lowest BCUT2D eigenvalue weighted by atomic mass is 10.1. The fourth-order valence-electron chi connectivity index (χ4n) is 3.43. The first kappa shape index (κ1) is 27.5. The van der Waals surface area contributed by atoms with E-state index in [4.69, 9.17) is 9.47 Å². The summed E-state index contributed by atoms with van der Waals surface area (Å²) >= 11 is 1.27. The quantitative estimate of drug-likeness (QED) is 0.209. The van der Waals surface area contributed by atoms with Crippen molar-refractivity contribution in [3.05, 3.63) is 77.6 Å². The molecule has 10 heteroatoms. The first-order chi connectivity index (χ1) is 17.9. The maximum Gasteiger partial charge on any atom is 0.244 e. The number of carbonyl (C=O) groups is 2. The highest BCUT2D eigenvalue weighted by molar-refractivity contribution is 7.99. The molecule has 0 saturated carbocycles. The molecule has 0 unspecified atom stereocenters. The van der Waals surface area contributed by atoms with Crippen molar-refractivity contribution in [2.24, 2.45) is 0 Å². The second-order valence-corrected chi connectivity index (χ2v) is 8.99. The van der Waals surface area contributed by atoms with E-state index in [1.54, 1.807) is 38.5 Å². The first-order valence-electron chi connectivity index (χ1n) is 11.6. The van der Waals surface area contributed by atoms with Crippen LogP contribution in [0, 0.1) is 13.8 Å². The zero-order valence-corrected chi connectivity index (χ0v) is 22.2. The van der Waals surface area contributed by atoms with Gasteiger partial charge in [0.1, 0.15) is 0 Å². The van der Waals surface area contributed by atoms with Crippen LogP contribution in [0.3, 0.4) is 0 Å². The Morgan fingerprint density at radius 3 is 2.62 bits per heavy atom. The van der Waals surface area contributed by atoms with Crippen LogP contribution in [0.5, 0.6) is 11.5 Å². The summed E-state index contributed by atoms with van der Waals surface area (Å²) in [6.07, 6.45) is 4.83. The minimum absolute atomic E-state index is 0.137. The summed E-state index contributed by atoms with van der Waals surface area (Å²) in [5, 5.41) is 14.7. The average Bonchev–Trinajstić information content (AvgIpc) is 3.28. The number of hydrogen-bond acceptors (Lipinski definition) is 7. The van der Waals surface area contributed by atoms with E-state index >= 15 is 0 Å². The number of rotatable bonds is 12. The lowest BCUT2D eigenvalue weighted by molar-refractivity contribution is -0.116. The van der Waals surface area contributed by atoms with Crippen LogP contribution in [0.15, 0.2) is 60.3 Å². The summed E-state index contributed by atoms with van der Waals surface area (Å²) in [5.41, 5.74) is 3.73. The van der Waals surface area contributed by atoms with Crippen LogP contribution >= 0.6 is 11.8 Å². The summed E-state index contributed by atoms with van der Waals surface area (Å²) < 4.78 is 12.3. The number of allylic oxidation sites excluding steroid dienone is 1. The molecule has 0 atom stereocenters. The largest absolute Gasteiger partial charge is 0.493 e. The molecule has 0 aliphatic rings. The van der Waals surface area contributed by atoms with Gasteiger partial charge in [-0.15, -0.1) is 16.8 Å². The summed E-state index contributed by atoms with van der Waals surface area (Å²) in [4.78, 5) is 24.9. The number of aromatic nitrogens is 3. The molecule has 0 saturated heterocycles. The predicted octanol–water partition coefficient (Wildman–Crippen LogP) is 4.16. The maximum atomic E-state index is 12.5. The van der Waals surface area contributed by atoms with Gasteiger partial charge in [0.25, 0.3) is 0 Å². The van der Waals surface area contributed by atoms with Crippen molar-refractivity contribution < 1.29 is 19.1 Å². The van der Waals surface area contributed by atoms with Crippen LogP contribution in [0.2, 0.25) is 0 Å². The molecule has 194 valence electrons. The molecular formula is C27H31N5O4S. The van der Waals surface area contributed by atoms with E-state index in [9.17, 15) is 9.59 Å². The molecule has 1 aromatic heterocycles. The Labute approximate surface area is 221 Å². The molecule has 9 nitrogen and oxygen atoms in total. The number of carbonyl (C=O) groups excluding carboxylic acids is 2. The molecule has 0 bridgehead atoms. The minimum Gasteiger partial charge on any atom is -0.493 e. The number of ether oxygens (including phenoxy) is 2. The number of hydrogen-bond donors (Lipinski definition) is 2. The highest BCUT2D eigenvalue weighted by atomic mass is 32.2. The third kappa shape index (κ3) is 7.47. The van der Waals surface area contributed by atoms with Gasteiger partial charge in [0.2, 0.25) is 11.8 Å². The van der Waals surface area contributed by atoms with E-state index in [2.05, 4.69) is 27.4 Å². The molecule has 0 aliphatic carbocycles. The molecule has 2 aromatic carbocycles. The minimum atomic E-state index is -0.287. The Morgan fingerprint density at radius 1 is 1.11 bits per heavy atom. The van der Waals surface area contributed by atoms with Crippen LogP contribution < -0.4 is 20.1 Å². The molecule has 0 radical (unpaired) electrons. The van der Waals surface area contributed by atoms with Gasteiger partial charge >= 0.3 is 0 Å². The van der Waals surface area contributed by atoms with Crippen LogP contribution in [-0.2, 0) is 22.7 Å². The van der Waals surface area contributed by atoms with E-state index in [1.807, 2.05) is 42.7 Å². The second kappa shape index (κ2) is 13.3. The number of aryl methyl sites for hydroxylation is 1. The highest BCUT2D eigenvalue weighted by Crippen LogP contribution is 2.28. The van der Waals surface area contributed by atoms with Crippen molar-refractivity contribution in [1.29, 1.82) is 0 Å². The number of benzene rings is 2. The van der Waals surface area contributed by atoms with Gasteiger partial charge < -0.3 is 24.7 Å². The van der Waals surface area contributed by atoms with Gasteiger partial charge in [-0.1, -0.05) is 36.0 Å². The van der Waals surface area contributed by atoms with E-state index in [1.165, 1.54) is 17.8 Å². The third-order valence-corrected chi connectivity index (χ3v) is 6.54. The van der Waals surface area contributed by atoms with E-state index in [0.29, 0.717) is 29.0 Å². The van der Waals surface area contributed by atoms with Gasteiger partial charge in [0.05, 0.1) is 26.5 Å². The van der Waals surface area contributed by atoms with Gasteiger partial charge in [0.15, 0.2) is 22.5 Å². The number of amides is 2. The first-order valence-corrected chi connectivity index (χ1v) is 12.5. The smallest absolute Gasteiger partial charge is 0.244 e. The Balaban J connectivity index is 1.58. The zero-order chi connectivity index (χ0) is 26.8. The van der Waals surface area contributed by atoms with Gasteiger partial charge in [-0.05, 0) is 54.8 Å². The van der Waals surface area contributed by atoms with Crippen molar-refractivity contribution in [3.63, 3.8) is 0 Å². The van der Waals surface area contributed by atoms with Crippen molar-refractivity contribution in [1.82, 2.24) is 20.1 Å². The molecular weight excluding hydrogens is 490 g/mol. The van der Waals surface area contributed by atoms with Crippen molar-refractivity contribution in [3.8, 4) is 11.5 Å². The average molecular weight is 522 g/mol. The maximum absolute atomic E-state index is 12.5. The van der Waals surface area contributed by atoms with Gasteiger partial charge in [0, 0.05) is 18.3 Å². The van der Waals surface area contributed by atoms with E-state index in [-0.39, 0.29) is 24.1 Å². The van der Waals surface area contributed by atoms with Crippen LogP contribution in [0.1, 0.15) is 22.5 Å². The van der Waals surface area contributed by atoms with Crippen molar-refractivity contribution in [2.75, 3.05) is 25.3 Å². The molecule has 3 aromatic rings. The Morgan fingerprint density at radius 2 is 1.89 bits per heavy atom. The topological polar surface area (TPSA) is 107 Å². The molecule has 2 N–H and O–H groups in total. The standard InChI is InChI=1S/C27H31N5O4S/c1-6-14-32-24(16-28-25(33)13-11-20-10-12-22(35-4)23(15-20)36-5)30-31-27(32)37-17-26(34)29-21-9-7-8-18(2)19(21)3/h6-13,15H,1,14,16-17H2,2-5H3,(H,28,33)(H,29,34). The summed E-state index contributed by atoms with van der Waals surface area (Å²) in [6.45, 7) is 8.38. The van der Waals surface area contributed by atoms with Gasteiger partial charge in [-0.25, -0.2) is 0 Å². The van der Waals surface area contributed by atoms with Crippen LogP contribution in [-0.4, -0.2) is 46.6 Å². The SMILES string of the molecule is C=CCn1c(CNC(=O)C=Cc2ccc(OC)c(OC)c2)nnc1SCC(=O)Nc1cccc(C)c1C. The van der Waals surface area contributed by atoms with Gasteiger partial charge in [-0.2, -0.15) is 0 Å². The fraction of sp³-hybridized carbons (Fsp3) is 0.259. The molecule has 0 fully saturated rings. The van der Waals surface area contributed by atoms with Crippen molar-refractivity contribution >= 4 is 35.3 Å². The monoisotopic (exact) mass is 521 g/mol. The second-order valence-electron chi connectivity index (χ2n) is 8.05. The number of thioether (sulfide) groups is 1. The van der Waals surface area contributed by atoms with E-state index < -0.39 is 0 Å². The third-order valence-electron chi connectivity index (χ3n) is 5.57. The zero-order valence-electron chi connectivity index (χ0n) is 21.4. The van der Waals surface area contributed by atoms with Crippen LogP contribution in [0.4, 0.5) is 5.69 Å². The molecule has 3 rings (SSSR count). The molecule has 1 heterocycles. The summed E-state index contributed by atoms with van der Waals surface area (Å²) in [6, 6.07) is 11.2. The Hall–Kier alpha value is -4.05. The number of nitrogens with one attached hydrogen (secondary N) is 2. The number of methoxy groups -OCH3 is 2. The molecule has 37 heavy (non-hydrogen) atoms. The van der Waals surface area contributed by atoms with Crippen LogP contribution in [0.25, 0.3) is 6.08 Å². The lowest BCUT2D eigenvalue weighted by Gasteiger charge is -2.11. The Kier molecular flexibility index (Phi) is 9.91. The number of nitrogens with zero attached hydrogens (tertiary/aromatic N) is 3. The summed E-state index contributed by atoms with van der Waals surface area (Å²) in [5.74, 6) is 1.50. The van der Waals surface area contributed by atoms with Gasteiger partial charge in [-0.3, -0.25) is 9.59 Å². The fourth-order valence-corrected chi connectivity index (χ4v) is 4.19.